The number of amides is 1. The largest absolute Gasteiger partial charge is 0.392 e. The van der Waals surface area contributed by atoms with Crippen LogP contribution in [0, 0.1) is 11.3 Å². The molecule has 2 N–H and O–H groups in total. The van der Waals surface area contributed by atoms with E-state index in [9.17, 15) is 4.79 Å². The van der Waals surface area contributed by atoms with Crippen LogP contribution in [0.5, 0.6) is 0 Å². The molecule has 1 saturated carbocycles. The number of thiocarbonyl (C=S) groups is 1. The minimum atomic E-state index is -0.555. The first-order valence-corrected chi connectivity index (χ1v) is 8.49. The molecule has 2 atom stereocenters. The molecule has 1 saturated heterocycles. The molecule has 1 amide bonds. The van der Waals surface area contributed by atoms with E-state index in [0.717, 1.165) is 45.1 Å². The summed E-state index contributed by atoms with van der Waals surface area (Å²) in [5, 5.41) is 0. The van der Waals surface area contributed by atoms with Crippen molar-refractivity contribution in [2.45, 2.75) is 71.3 Å². The number of hydrogen-bond donors (Lipinski definition) is 1. The molecule has 4 heteroatoms. The van der Waals surface area contributed by atoms with Crippen LogP contribution >= 0.6 is 12.2 Å². The van der Waals surface area contributed by atoms with Crippen molar-refractivity contribution in [1.82, 2.24) is 4.90 Å². The highest BCUT2D eigenvalue weighted by Crippen LogP contribution is 2.39. The van der Waals surface area contributed by atoms with Gasteiger partial charge in [-0.3, -0.25) is 4.79 Å². The highest BCUT2D eigenvalue weighted by atomic mass is 32.1. The number of likely N-dealkylation sites (tertiary alicyclic amines) is 1. The number of rotatable bonds is 2. The van der Waals surface area contributed by atoms with Gasteiger partial charge in [-0.15, -0.1) is 0 Å². The Balaban J connectivity index is 2.20. The fraction of sp³-hybridized carbons (Fsp3) is 0.875. The number of piperidine rings is 1. The van der Waals surface area contributed by atoms with Crippen LogP contribution in [-0.4, -0.2) is 28.4 Å². The Hall–Kier alpha value is -0.640. The minimum absolute atomic E-state index is 0.214. The average Bonchev–Trinajstić information content (AvgIpc) is 2.64. The zero-order valence-electron chi connectivity index (χ0n) is 12.9. The molecule has 0 aromatic carbocycles. The van der Waals surface area contributed by atoms with Gasteiger partial charge in [-0.25, -0.2) is 0 Å². The van der Waals surface area contributed by atoms with E-state index in [1.807, 2.05) is 0 Å². The minimum Gasteiger partial charge on any atom is -0.392 e. The van der Waals surface area contributed by atoms with E-state index in [2.05, 4.69) is 18.7 Å². The van der Waals surface area contributed by atoms with Crippen molar-refractivity contribution in [2.75, 3.05) is 6.54 Å². The van der Waals surface area contributed by atoms with Crippen LogP contribution in [0.2, 0.25) is 0 Å². The van der Waals surface area contributed by atoms with Crippen molar-refractivity contribution >= 4 is 23.1 Å². The van der Waals surface area contributed by atoms with Gasteiger partial charge in [0.05, 0.1) is 10.4 Å². The second-order valence-corrected chi connectivity index (χ2v) is 7.28. The van der Waals surface area contributed by atoms with Crippen LogP contribution in [0.4, 0.5) is 0 Å². The van der Waals surface area contributed by atoms with E-state index < -0.39 is 5.41 Å². The lowest BCUT2D eigenvalue weighted by Crippen LogP contribution is -2.55. The standard InChI is InChI=1S/C16H28N2OS/c1-12-7-10-18(13(2)11-12)15(19)16(14(17)20)8-5-3-4-6-9-16/h12-13H,3-11H2,1-2H3,(H2,17,20). The van der Waals surface area contributed by atoms with Crippen molar-refractivity contribution in [2.24, 2.45) is 17.1 Å². The Bertz CT molecular complexity index is 375. The van der Waals surface area contributed by atoms with E-state index in [-0.39, 0.29) is 5.91 Å². The molecule has 1 aliphatic carbocycles. The fourth-order valence-corrected chi connectivity index (χ4v) is 4.17. The summed E-state index contributed by atoms with van der Waals surface area (Å²) in [5.74, 6) is 0.926. The lowest BCUT2D eigenvalue weighted by molar-refractivity contribution is -0.143. The smallest absolute Gasteiger partial charge is 0.235 e. The van der Waals surface area contributed by atoms with Crippen LogP contribution in [0.3, 0.4) is 0 Å². The second-order valence-electron chi connectivity index (χ2n) is 6.84. The summed E-state index contributed by atoms with van der Waals surface area (Å²) in [6.07, 6.45) is 8.43. The molecule has 0 aromatic rings. The number of carbonyl (C=O) groups is 1. The Morgan fingerprint density at radius 2 is 1.80 bits per heavy atom. The summed E-state index contributed by atoms with van der Waals surface area (Å²) < 4.78 is 0. The van der Waals surface area contributed by atoms with Crippen LogP contribution in [-0.2, 0) is 4.79 Å². The molecule has 2 fully saturated rings. The maximum atomic E-state index is 13.1. The molecule has 0 bridgehead atoms. The summed E-state index contributed by atoms with van der Waals surface area (Å²) in [6.45, 7) is 5.30. The van der Waals surface area contributed by atoms with E-state index in [4.69, 9.17) is 18.0 Å². The first-order valence-electron chi connectivity index (χ1n) is 8.08. The first kappa shape index (κ1) is 15.7. The molecule has 0 spiro atoms. The highest BCUT2D eigenvalue weighted by molar-refractivity contribution is 7.80. The maximum Gasteiger partial charge on any atom is 0.235 e. The molecule has 0 radical (unpaired) electrons. The number of hydrogen-bond acceptors (Lipinski definition) is 2. The van der Waals surface area contributed by atoms with Gasteiger partial charge in [-0.05, 0) is 38.5 Å². The molecule has 0 aromatic heterocycles. The lowest BCUT2D eigenvalue weighted by Gasteiger charge is -2.42. The molecule has 114 valence electrons. The topological polar surface area (TPSA) is 46.3 Å². The monoisotopic (exact) mass is 296 g/mol. The zero-order chi connectivity index (χ0) is 14.8. The van der Waals surface area contributed by atoms with Gasteiger partial charge in [-0.1, -0.05) is 44.8 Å². The quantitative estimate of drug-likeness (QED) is 0.628. The molecule has 2 unspecified atom stereocenters. The summed E-state index contributed by atoms with van der Waals surface area (Å²) in [5.41, 5.74) is 5.48. The van der Waals surface area contributed by atoms with Crippen LogP contribution in [0.1, 0.15) is 65.2 Å². The Labute approximate surface area is 128 Å². The van der Waals surface area contributed by atoms with Crippen molar-refractivity contribution in [3.05, 3.63) is 0 Å². The third-order valence-corrected chi connectivity index (χ3v) is 5.63. The summed E-state index contributed by atoms with van der Waals surface area (Å²) in [4.78, 5) is 15.6. The van der Waals surface area contributed by atoms with Crippen molar-refractivity contribution in [3.63, 3.8) is 0 Å². The maximum absolute atomic E-state index is 13.1. The molecule has 2 aliphatic rings. The molecule has 2 rings (SSSR count). The van der Waals surface area contributed by atoms with Crippen molar-refractivity contribution in [3.8, 4) is 0 Å². The number of nitrogens with two attached hydrogens (primary N) is 1. The molecule has 20 heavy (non-hydrogen) atoms. The molecular weight excluding hydrogens is 268 g/mol. The predicted molar refractivity (Wildman–Crippen MR) is 86.5 cm³/mol. The van der Waals surface area contributed by atoms with Crippen LogP contribution < -0.4 is 5.73 Å². The normalized spacial score (nSPS) is 30.6. The fourth-order valence-electron chi connectivity index (χ4n) is 3.88. The summed E-state index contributed by atoms with van der Waals surface area (Å²) >= 11 is 5.33. The second kappa shape index (κ2) is 6.42. The van der Waals surface area contributed by atoms with Crippen molar-refractivity contribution < 1.29 is 4.79 Å². The number of carbonyl (C=O) groups excluding carboxylic acids is 1. The van der Waals surface area contributed by atoms with Gasteiger partial charge in [0.25, 0.3) is 0 Å². The summed E-state index contributed by atoms with van der Waals surface area (Å²) in [6, 6.07) is 0.320. The van der Waals surface area contributed by atoms with Gasteiger partial charge in [-0.2, -0.15) is 0 Å². The SMILES string of the molecule is CC1CCN(C(=O)C2(C(N)=S)CCCCCC2)C(C)C1. The molecule has 3 nitrogen and oxygen atoms in total. The lowest BCUT2D eigenvalue weighted by atomic mass is 9.77. The van der Waals surface area contributed by atoms with E-state index in [1.54, 1.807) is 0 Å². The Kier molecular flexibility index (Phi) is 5.05. The summed E-state index contributed by atoms with van der Waals surface area (Å²) in [7, 11) is 0. The van der Waals surface area contributed by atoms with Crippen molar-refractivity contribution in [1.29, 1.82) is 0 Å². The average molecular weight is 296 g/mol. The zero-order valence-corrected chi connectivity index (χ0v) is 13.7. The van der Waals surface area contributed by atoms with E-state index in [0.29, 0.717) is 16.9 Å². The van der Waals surface area contributed by atoms with Crippen LogP contribution in [0.25, 0.3) is 0 Å². The highest BCUT2D eigenvalue weighted by Gasteiger charge is 2.45. The number of nitrogens with zero attached hydrogens (tertiary/aromatic N) is 1. The van der Waals surface area contributed by atoms with Gasteiger partial charge < -0.3 is 10.6 Å². The third kappa shape index (κ3) is 3.00. The van der Waals surface area contributed by atoms with Gasteiger partial charge in [0, 0.05) is 12.6 Å². The van der Waals surface area contributed by atoms with Gasteiger partial charge in [0.15, 0.2) is 0 Å². The van der Waals surface area contributed by atoms with E-state index in [1.165, 1.54) is 12.8 Å². The van der Waals surface area contributed by atoms with Gasteiger partial charge in [0.1, 0.15) is 0 Å². The van der Waals surface area contributed by atoms with Gasteiger partial charge in [0.2, 0.25) is 5.91 Å². The molecule has 1 heterocycles. The van der Waals surface area contributed by atoms with Gasteiger partial charge >= 0.3 is 0 Å². The molecular formula is C16H28N2OS. The molecule has 1 aliphatic heterocycles. The first-order chi connectivity index (χ1) is 9.47. The van der Waals surface area contributed by atoms with Crippen LogP contribution in [0.15, 0.2) is 0 Å². The van der Waals surface area contributed by atoms with E-state index >= 15 is 0 Å². The Morgan fingerprint density at radius 1 is 1.20 bits per heavy atom. The third-order valence-electron chi connectivity index (χ3n) is 5.24. The predicted octanol–water partition coefficient (Wildman–Crippen LogP) is 3.26. The Morgan fingerprint density at radius 3 is 2.30 bits per heavy atom.